The third-order valence-electron chi connectivity index (χ3n) is 4.19. The summed E-state index contributed by atoms with van der Waals surface area (Å²) in [5.41, 5.74) is -0.345. The number of hydrogen-bond acceptors (Lipinski definition) is 3. The molecule has 0 spiro atoms. The van der Waals surface area contributed by atoms with Gasteiger partial charge in [0.1, 0.15) is 5.69 Å². The number of ether oxygens (including phenoxy) is 1. The minimum Gasteiger partial charge on any atom is -0.379 e. The van der Waals surface area contributed by atoms with E-state index in [0.717, 1.165) is 25.7 Å². The molecule has 2 atom stereocenters. The Balaban J connectivity index is 2.16. The molecule has 2 unspecified atom stereocenters. The molecule has 130 valence electrons. The molecule has 7 heteroatoms. The highest BCUT2D eigenvalue weighted by Crippen LogP contribution is 2.25. The molecule has 1 saturated carbocycles. The average Bonchev–Trinajstić information content (AvgIpc) is 2.90. The second-order valence-corrected chi connectivity index (χ2v) is 6.46. The zero-order valence-electron chi connectivity index (χ0n) is 13.9. The molecule has 0 aliphatic heterocycles. The largest absolute Gasteiger partial charge is 0.379 e. The van der Waals surface area contributed by atoms with E-state index in [1.54, 1.807) is 7.11 Å². The number of nitrogens with one attached hydrogen (secondary N) is 1. The summed E-state index contributed by atoms with van der Waals surface area (Å²) >= 11 is 0. The smallest absolute Gasteiger partial charge is 0.280 e. The predicted molar refractivity (Wildman–Crippen MR) is 82.5 cm³/mol. The summed E-state index contributed by atoms with van der Waals surface area (Å²) in [7, 11) is 1.61. The topological polar surface area (TPSA) is 56.1 Å². The summed E-state index contributed by atoms with van der Waals surface area (Å²) in [4.78, 5) is 12.4. The predicted octanol–water partition coefficient (Wildman–Crippen LogP) is 3.16. The Morgan fingerprint density at radius 1 is 1.43 bits per heavy atom. The number of aromatic nitrogens is 2. The van der Waals surface area contributed by atoms with Crippen molar-refractivity contribution in [2.75, 3.05) is 7.11 Å². The zero-order chi connectivity index (χ0) is 17.0. The number of carbonyl (C=O) groups excluding carboxylic acids is 1. The van der Waals surface area contributed by atoms with E-state index in [1.165, 1.54) is 10.9 Å². The third-order valence-corrected chi connectivity index (χ3v) is 4.19. The minimum atomic E-state index is -2.73. The molecule has 1 heterocycles. The maximum absolute atomic E-state index is 13.4. The van der Waals surface area contributed by atoms with Crippen LogP contribution in [-0.4, -0.2) is 34.9 Å². The van der Waals surface area contributed by atoms with Gasteiger partial charge in [-0.15, -0.1) is 0 Å². The van der Waals surface area contributed by atoms with Gasteiger partial charge in [-0.25, -0.2) is 8.78 Å². The van der Waals surface area contributed by atoms with Gasteiger partial charge in [-0.3, -0.25) is 9.48 Å². The van der Waals surface area contributed by atoms with Crippen molar-refractivity contribution < 1.29 is 18.3 Å². The molecular formula is C16H25F2N3O2. The molecule has 0 radical (unpaired) electrons. The number of halogens is 2. The van der Waals surface area contributed by atoms with Crippen molar-refractivity contribution in [2.24, 2.45) is 5.92 Å². The van der Waals surface area contributed by atoms with Crippen LogP contribution in [0.15, 0.2) is 6.20 Å². The van der Waals surface area contributed by atoms with E-state index < -0.39 is 12.3 Å². The van der Waals surface area contributed by atoms with E-state index in [1.807, 2.05) is 13.8 Å². The Morgan fingerprint density at radius 3 is 2.74 bits per heavy atom. The Bertz CT molecular complexity index is 531. The van der Waals surface area contributed by atoms with Gasteiger partial charge in [-0.1, -0.05) is 26.7 Å². The zero-order valence-corrected chi connectivity index (χ0v) is 13.9. The van der Waals surface area contributed by atoms with Gasteiger partial charge >= 0.3 is 0 Å². The first-order valence-electron chi connectivity index (χ1n) is 8.11. The second-order valence-electron chi connectivity index (χ2n) is 6.46. The third kappa shape index (κ3) is 4.28. The van der Waals surface area contributed by atoms with Gasteiger partial charge in [-0.05, 0) is 18.8 Å². The van der Waals surface area contributed by atoms with Crippen LogP contribution in [0.4, 0.5) is 8.78 Å². The van der Waals surface area contributed by atoms with Gasteiger partial charge in [0.05, 0.1) is 23.9 Å². The first-order chi connectivity index (χ1) is 10.9. The van der Waals surface area contributed by atoms with Crippen LogP contribution in [0.2, 0.25) is 0 Å². The van der Waals surface area contributed by atoms with Gasteiger partial charge in [0, 0.05) is 13.7 Å². The number of hydrogen-bond donors (Lipinski definition) is 1. The fourth-order valence-electron chi connectivity index (χ4n) is 3.08. The van der Waals surface area contributed by atoms with Crippen LogP contribution in [0, 0.1) is 5.92 Å². The number of nitrogens with zero attached hydrogens (tertiary/aromatic N) is 2. The molecule has 1 aliphatic carbocycles. The van der Waals surface area contributed by atoms with Crippen LogP contribution in [0.1, 0.15) is 62.0 Å². The molecule has 0 bridgehead atoms. The van der Waals surface area contributed by atoms with Crippen molar-refractivity contribution in [2.45, 2.75) is 64.6 Å². The molecule has 1 aromatic rings. The Labute approximate surface area is 135 Å². The summed E-state index contributed by atoms with van der Waals surface area (Å²) in [6.45, 7) is 4.20. The first kappa shape index (κ1) is 17.8. The highest BCUT2D eigenvalue weighted by Gasteiger charge is 2.30. The van der Waals surface area contributed by atoms with E-state index in [-0.39, 0.29) is 29.3 Å². The summed E-state index contributed by atoms with van der Waals surface area (Å²) in [6.07, 6.45) is 2.17. The van der Waals surface area contributed by atoms with Crippen molar-refractivity contribution in [3.8, 4) is 0 Å². The fourth-order valence-corrected chi connectivity index (χ4v) is 3.08. The maximum Gasteiger partial charge on any atom is 0.280 e. The standard InChI is InChI=1S/C16H25F2N3O2/c1-10(2)9-21-14(15(17)18)11(8-19-21)16(22)20-12-6-4-5-7-13(12)23-3/h8,10,12-13,15H,4-7,9H2,1-3H3,(H,20,22). The van der Waals surface area contributed by atoms with Crippen LogP contribution < -0.4 is 5.32 Å². The van der Waals surface area contributed by atoms with Crippen molar-refractivity contribution in [3.05, 3.63) is 17.5 Å². The highest BCUT2D eigenvalue weighted by molar-refractivity contribution is 5.95. The van der Waals surface area contributed by atoms with Crippen molar-refractivity contribution in [3.63, 3.8) is 0 Å². The first-order valence-corrected chi connectivity index (χ1v) is 8.11. The van der Waals surface area contributed by atoms with Crippen LogP contribution in [-0.2, 0) is 11.3 Å². The van der Waals surface area contributed by atoms with E-state index in [9.17, 15) is 13.6 Å². The van der Waals surface area contributed by atoms with E-state index in [0.29, 0.717) is 6.54 Å². The second kappa shape index (κ2) is 7.86. The number of rotatable bonds is 6. The number of carbonyl (C=O) groups is 1. The highest BCUT2D eigenvalue weighted by atomic mass is 19.3. The molecule has 0 aromatic carbocycles. The summed E-state index contributed by atoms with van der Waals surface area (Å²) in [6, 6.07) is -0.139. The lowest BCUT2D eigenvalue weighted by Gasteiger charge is -2.31. The molecule has 2 rings (SSSR count). The Morgan fingerprint density at radius 2 is 2.13 bits per heavy atom. The van der Waals surface area contributed by atoms with Crippen LogP contribution >= 0.6 is 0 Å². The molecule has 1 N–H and O–H groups in total. The number of alkyl halides is 2. The van der Waals surface area contributed by atoms with E-state index in [4.69, 9.17) is 4.74 Å². The van der Waals surface area contributed by atoms with Crippen molar-refractivity contribution in [1.82, 2.24) is 15.1 Å². The lowest BCUT2D eigenvalue weighted by Crippen LogP contribution is -2.46. The summed E-state index contributed by atoms with van der Waals surface area (Å²) < 4.78 is 33.4. The van der Waals surface area contributed by atoms with Gasteiger partial charge in [0.15, 0.2) is 0 Å². The van der Waals surface area contributed by atoms with Crippen LogP contribution in [0.3, 0.4) is 0 Å². The monoisotopic (exact) mass is 329 g/mol. The number of methoxy groups -OCH3 is 1. The van der Waals surface area contributed by atoms with Gasteiger partial charge in [0.25, 0.3) is 12.3 Å². The molecule has 1 aliphatic rings. The molecule has 1 fully saturated rings. The van der Waals surface area contributed by atoms with Crippen LogP contribution in [0.25, 0.3) is 0 Å². The molecule has 1 aromatic heterocycles. The molecule has 1 amide bonds. The summed E-state index contributed by atoms with van der Waals surface area (Å²) in [5, 5.41) is 6.82. The minimum absolute atomic E-state index is 0.0407. The lowest BCUT2D eigenvalue weighted by molar-refractivity contribution is 0.0390. The van der Waals surface area contributed by atoms with Crippen LogP contribution in [0.5, 0.6) is 0 Å². The maximum atomic E-state index is 13.4. The normalized spacial score (nSPS) is 21.9. The van der Waals surface area contributed by atoms with Crippen molar-refractivity contribution >= 4 is 5.91 Å². The average molecular weight is 329 g/mol. The van der Waals surface area contributed by atoms with Gasteiger partial charge in [-0.2, -0.15) is 5.10 Å². The fraction of sp³-hybridized carbons (Fsp3) is 0.750. The SMILES string of the molecule is COC1CCCCC1NC(=O)c1cnn(CC(C)C)c1C(F)F. The van der Waals surface area contributed by atoms with Gasteiger partial charge < -0.3 is 10.1 Å². The Hall–Kier alpha value is -1.50. The lowest BCUT2D eigenvalue weighted by atomic mass is 9.92. The van der Waals surface area contributed by atoms with E-state index in [2.05, 4.69) is 10.4 Å². The number of amides is 1. The molecular weight excluding hydrogens is 304 g/mol. The van der Waals surface area contributed by atoms with Crippen molar-refractivity contribution in [1.29, 1.82) is 0 Å². The molecule has 5 nitrogen and oxygen atoms in total. The molecule has 0 saturated heterocycles. The Kier molecular flexibility index (Phi) is 6.10. The quantitative estimate of drug-likeness (QED) is 0.872. The molecule has 23 heavy (non-hydrogen) atoms. The van der Waals surface area contributed by atoms with E-state index >= 15 is 0 Å². The summed E-state index contributed by atoms with van der Waals surface area (Å²) in [5.74, 6) is -0.330. The van der Waals surface area contributed by atoms with Gasteiger partial charge in [0.2, 0.25) is 0 Å².